The van der Waals surface area contributed by atoms with E-state index in [1.165, 1.54) is 11.8 Å². The minimum Gasteiger partial charge on any atom is -0.431 e. The molecule has 0 bridgehead atoms. The third-order valence-electron chi connectivity index (χ3n) is 2.39. The molecule has 2 aromatic carbocycles. The molecule has 3 nitrogen and oxygen atoms in total. The van der Waals surface area contributed by atoms with Crippen LogP contribution >= 0.6 is 27.7 Å². The van der Waals surface area contributed by atoms with Gasteiger partial charge in [-0.3, -0.25) is 0 Å². The van der Waals surface area contributed by atoms with Gasteiger partial charge in [0.05, 0.1) is 0 Å². The molecule has 18 heavy (non-hydrogen) atoms. The monoisotopic (exact) mass is 320 g/mol. The van der Waals surface area contributed by atoms with Crippen LogP contribution in [0.2, 0.25) is 0 Å². The zero-order valence-corrected chi connectivity index (χ0v) is 11.7. The highest BCUT2D eigenvalue weighted by atomic mass is 79.9. The fraction of sp³-hybridized carbons (Fsp3) is 0. The SMILES string of the molecule is Nc1ccc2oc(Sc3cccc(Br)c3)nc2c1. The molecule has 0 aliphatic heterocycles. The van der Waals surface area contributed by atoms with Crippen LogP contribution in [0.5, 0.6) is 0 Å². The molecule has 0 spiro atoms. The van der Waals surface area contributed by atoms with Crippen molar-refractivity contribution >= 4 is 44.5 Å². The van der Waals surface area contributed by atoms with E-state index in [0.717, 1.165) is 20.5 Å². The normalized spacial score (nSPS) is 10.9. The number of aromatic nitrogens is 1. The second-order valence-electron chi connectivity index (χ2n) is 3.77. The quantitative estimate of drug-likeness (QED) is 0.714. The maximum atomic E-state index is 5.71. The van der Waals surface area contributed by atoms with Crippen molar-refractivity contribution in [3.05, 3.63) is 46.9 Å². The number of fused-ring (bicyclic) bond motifs is 1. The molecule has 5 heteroatoms. The summed E-state index contributed by atoms with van der Waals surface area (Å²) in [6.07, 6.45) is 0. The van der Waals surface area contributed by atoms with Crippen LogP contribution in [-0.4, -0.2) is 4.98 Å². The maximum Gasteiger partial charge on any atom is 0.261 e. The first-order valence-corrected chi connectivity index (χ1v) is 6.91. The van der Waals surface area contributed by atoms with Crippen molar-refractivity contribution in [3.8, 4) is 0 Å². The number of nitrogens with zero attached hydrogens (tertiary/aromatic N) is 1. The Morgan fingerprint density at radius 3 is 2.89 bits per heavy atom. The summed E-state index contributed by atoms with van der Waals surface area (Å²) in [6.45, 7) is 0. The smallest absolute Gasteiger partial charge is 0.261 e. The first kappa shape index (κ1) is 11.6. The van der Waals surface area contributed by atoms with E-state index in [-0.39, 0.29) is 0 Å². The first-order chi connectivity index (χ1) is 8.70. The molecule has 2 N–H and O–H groups in total. The van der Waals surface area contributed by atoms with E-state index in [1.807, 2.05) is 36.4 Å². The predicted molar refractivity (Wildman–Crippen MR) is 76.7 cm³/mol. The molecule has 0 unspecified atom stereocenters. The molecule has 0 saturated heterocycles. The Hall–Kier alpha value is -1.46. The molecule has 0 aliphatic rings. The number of anilines is 1. The van der Waals surface area contributed by atoms with Crippen molar-refractivity contribution in [3.63, 3.8) is 0 Å². The van der Waals surface area contributed by atoms with Gasteiger partial charge in [0, 0.05) is 15.1 Å². The molecule has 0 amide bonds. The summed E-state index contributed by atoms with van der Waals surface area (Å²) in [6, 6.07) is 13.4. The van der Waals surface area contributed by atoms with Crippen LogP contribution in [0, 0.1) is 0 Å². The van der Waals surface area contributed by atoms with Crippen molar-refractivity contribution in [1.29, 1.82) is 0 Å². The van der Waals surface area contributed by atoms with Crippen molar-refractivity contribution in [1.82, 2.24) is 4.98 Å². The predicted octanol–water partition coefficient (Wildman–Crippen LogP) is 4.32. The lowest BCUT2D eigenvalue weighted by atomic mass is 10.3. The summed E-state index contributed by atoms with van der Waals surface area (Å²) in [4.78, 5) is 5.47. The first-order valence-electron chi connectivity index (χ1n) is 5.30. The molecule has 90 valence electrons. The number of nitrogen functional groups attached to an aromatic ring is 1. The van der Waals surface area contributed by atoms with Crippen LogP contribution < -0.4 is 5.73 Å². The Bertz CT molecular complexity index is 711. The largest absolute Gasteiger partial charge is 0.431 e. The van der Waals surface area contributed by atoms with Gasteiger partial charge in [0.25, 0.3) is 5.22 Å². The summed E-state index contributed by atoms with van der Waals surface area (Å²) in [5.41, 5.74) is 7.94. The summed E-state index contributed by atoms with van der Waals surface area (Å²) in [5.74, 6) is 0. The number of hydrogen-bond acceptors (Lipinski definition) is 4. The van der Waals surface area contributed by atoms with Crippen molar-refractivity contribution in [2.45, 2.75) is 10.1 Å². The molecule has 0 atom stereocenters. The van der Waals surface area contributed by atoms with E-state index in [4.69, 9.17) is 10.2 Å². The molecular weight excluding hydrogens is 312 g/mol. The van der Waals surface area contributed by atoms with E-state index >= 15 is 0 Å². The van der Waals surface area contributed by atoms with Crippen molar-refractivity contribution in [2.24, 2.45) is 0 Å². The molecule has 1 aromatic heterocycles. The Balaban J connectivity index is 1.95. The van der Waals surface area contributed by atoms with E-state index < -0.39 is 0 Å². The van der Waals surface area contributed by atoms with Crippen LogP contribution in [0.1, 0.15) is 0 Å². The van der Waals surface area contributed by atoms with Gasteiger partial charge in [0.15, 0.2) is 5.58 Å². The van der Waals surface area contributed by atoms with Gasteiger partial charge in [0.2, 0.25) is 0 Å². The van der Waals surface area contributed by atoms with Gasteiger partial charge >= 0.3 is 0 Å². The van der Waals surface area contributed by atoms with Gasteiger partial charge in [-0.2, -0.15) is 0 Å². The Morgan fingerprint density at radius 2 is 2.06 bits per heavy atom. The number of nitrogens with two attached hydrogens (primary N) is 1. The number of halogens is 1. The lowest BCUT2D eigenvalue weighted by Gasteiger charge is -1.96. The van der Waals surface area contributed by atoms with E-state index in [1.54, 1.807) is 6.07 Å². The highest BCUT2D eigenvalue weighted by Crippen LogP contribution is 2.31. The molecular formula is C13H9BrN2OS. The highest BCUT2D eigenvalue weighted by molar-refractivity contribution is 9.10. The van der Waals surface area contributed by atoms with Gasteiger partial charge in [-0.25, -0.2) is 4.98 Å². The Kier molecular flexibility index (Phi) is 3.01. The van der Waals surface area contributed by atoms with Crippen LogP contribution in [0.4, 0.5) is 5.69 Å². The summed E-state index contributed by atoms with van der Waals surface area (Å²) >= 11 is 4.92. The van der Waals surface area contributed by atoms with Crippen molar-refractivity contribution < 1.29 is 4.42 Å². The molecule has 0 saturated carbocycles. The number of benzene rings is 2. The average Bonchev–Trinajstić information content (AvgIpc) is 2.70. The average molecular weight is 321 g/mol. The fourth-order valence-electron chi connectivity index (χ4n) is 1.60. The Labute approximate surface area is 117 Å². The number of hydrogen-bond donors (Lipinski definition) is 1. The number of rotatable bonds is 2. The third-order valence-corrected chi connectivity index (χ3v) is 3.73. The minimum absolute atomic E-state index is 0.619. The van der Waals surface area contributed by atoms with E-state index in [0.29, 0.717) is 10.9 Å². The zero-order valence-electron chi connectivity index (χ0n) is 9.26. The molecule has 0 radical (unpaired) electrons. The van der Waals surface area contributed by atoms with Gasteiger partial charge in [0.1, 0.15) is 5.52 Å². The standard InChI is InChI=1S/C13H9BrN2OS/c14-8-2-1-3-10(6-8)18-13-16-11-7-9(15)4-5-12(11)17-13/h1-7H,15H2. The molecule has 3 rings (SSSR count). The summed E-state index contributed by atoms with van der Waals surface area (Å²) in [5, 5.41) is 0.619. The maximum absolute atomic E-state index is 5.71. The van der Waals surface area contributed by atoms with Crippen LogP contribution in [0.25, 0.3) is 11.1 Å². The highest BCUT2D eigenvalue weighted by Gasteiger charge is 2.07. The Morgan fingerprint density at radius 1 is 1.17 bits per heavy atom. The zero-order chi connectivity index (χ0) is 12.5. The van der Waals surface area contributed by atoms with Gasteiger partial charge in [-0.1, -0.05) is 22.0 Å². The second-order valence-corrected chi connectivity index (χ2v) is 5.71. The second kappa shape index (κ2) is 4.66. The molecule has 0 fully saturated rings. The fourth-order valence-corrected chi connectivity index (χ4v) is 2.96. The van der Waals surface area contributed by atoms with Crippen LogP contribution in [-0.2, 0) is 0 Å². The van der Waals surface area contributed by atoms with E-state index in [2.05, 4.69) is 20.9 Å². The van der Waals surface area contributed by atoms with Gasteiger partial charge < -0.3 is 10.2 Å². The third kappa shape index (κ3) is 2.37. The lowest BCUT2D eigenvalue weighted by molar-refractivity contribution is 0.489. The van der Waals surface area contributed by atoms with Crippen LogP contribution in [0.3, 0.4) is 0 Å². The van der Waals surface area contributed by atoms with Crippen molar-refractivity contribution in [2.75, 3.05) is 5.73 Å². The molecule has 3 aromatic rings. The lowest BCUT2D eigenvalue weighted by Crippen LogP contribution is -1.82. The van der Waals surface area contributed by atoms with E-state index in [9.17, 15) is 0 Å². The number of oxazole rings is 1. The minimum atomic E-state index is 0.619. The van der Waals surface area contributed by atoms with Gasteiger partial charge in [-0.05, 0) is 48.2 Å². The molecule has 0 aliphatic carbocycles. The topological polar surface area (TPSA) is 52.0 Å². The van der Waals surface area contributed by atoms with Crippen LogP contribution in [0.15, 0.2) is 61.5 Å². The summed E-state index contributed by atoms with van der Waals surface area (Å²) < 4.78 is 6.68. The summed E-state index contributed by atoms with van der Waals surface area (Å²) in [7, 11) is 0. The molecule has 1 heterocycles. The van der Waals surface area contributed by atoms with Gasteiger partial charge in [-0.15, -0.1) is 0 Å².